The number of hydrogen-bond donors (Lipinski definition) is 1. The lowest BCUT2D eigenvalue weighted by Gasteiger charge is -2.24. The van der Waals surface area contributed by atoms with Crippen molar-refractivity contribution in [2.45, 2.75) is 45.3 Å². The number of hydrogen-bond acceptors (Lipinski definition) is 5. The average molecular weight is 380 g/mol. The summed E-state index contributed by atoms with van der Waals surface area (Å²) in [5, 5.41) is 4.09. The maximum Gasteiger partial charge on any atom is 0.330 e. The number of nitrogens with zero attached hydrogens (tertiary/aromatic N) is 2. The molecule has 0 unspecified atom stereocenters. The molecule has 0 saturated heterocycles. The van der Waals surface area contributed by atoms with E-state index in [1.54, 1.807) is 22.7 Å². The van der Waals surface area contributed by atoms with E-state index in [1.165, 1.54) is 16.9 Å². The molecule has 0 aromatic carbocycles. The van der Waals surface area contributed by atoms with E-state index < -0.39 is 6.04 Å². The van der Waals surface area contributed by atoms with Gasteiger partial charge >= 0.3 is 5.97 Å². The zero-order valence-corrected chi connectivity index (χ0v) is 16.3. The Morgan fingerprint density at radius 1 is 1.24 bits per heavy atom. The molecule has 0 aliphatic heterocycles. The summed E-state index contributed by atoms with van der Waals surface area (Å²) in [6.45, 7) is 3.43. The largest absolute Gasteiger partial charge is 0.467 e. The Hall–Kier alpha value is -1.86. The van der Waals surface area contributed by atoms with Crippen molar-refractivity contribution in [2.75, 3.05) is 7.11 Å². The van der Waals surface area contributed by atoms with Crippen LogP contribution in [0.15, 0.2) is 40.0 Å². The maximum absolute atomic E-state index is 12.0. The predicted molar refractivity (Wildman–Crippen MR) is 105 cm³/mol. The van der Waals surface area contributed by atoms with E-state index in [0.29, 0.717) is 25.5 Å². The van der Waals surface area contributed by atoms with Crippen LogP contribution < -0.4 is 5.73 Å². The maximum atomic E-state index is 12.0. The minimum Gasteiger partial charge on any atom is -0.467 e. The van der Waals surface area contributed by atoms with Gasteiger partial charge in [0.1, 0.15) is 0 Å². The number of carbonyl (C=O) groups excluding carboxylic acids is 1. The van der Waals surface area contributed by atoms with Crippen LogP contribution in [0.4, 0.5) is 0 Å². The summed E-state index contributed by atoms with van der Waals surface area (Å²) in [7, 11) is 1.39. The highest BCUT2D eigenvalue weighted by molar-refractivity contribution is 7.10. The van der Waals surface area contributed by atoms with Gasteiger partial charge in [0.15, 0.2) is 12.0 Å². The molecule has 0 bridgehead atoms. The number of rotatable bonds is 9. The number of ether oxygens (including phenoxy) is 1. The van der Waals surface area contributed by atoms with Gasteiger partial charge in [-0.05, 0) is 29.3 Å². The molecule has 2 rings (SSSR count). The van der Waals surface area contributed by atoms with Crippen molar-refractivity contribution in [3.63, 3.8) is 0 Å². The molecular weight excluding hydrogens is 354 g/mol. The summed E-state index contributed by atoms with van der Waals surface area (Å²) in [5.41, 5.74) is 6.29. The molecule has 0 spiro atoms. The molecule has 0 aliphatic carbocycles. The lowest BCUT2D eigenvalue weighted by Crippen LogP contribution is -2.38. The zero-order valence-electron chi connectivity index (χ0n) is 14.7. The molecule has 2 aromatic rings. The van der Waals surface area contributed by atoms with Gasteiger partial charge in [0.2, 0.25) is 0 Å². The number of guanidine groups is 1. The summed E-state index contributed by atoms with van der Waals surface area (Å²) >= 11 is 3.37. The topological polar surface area (TPSA) is 67.9 Å². The van der Waals surface area contributed by atoms with Gasteiger partial charge < -0.3 is 15.4 Å². The molecule has 136 valence electrons. The molecule has 2 N–H and O–H groups in total. The minimum atomic E-state index is -0.542. The number of carbonyl (C=O) groups is 1. The summed E-state index contributed by atoms with van der Waals surface area (Å²) in [6, 6.07) is 7.66. The van der Waals surface area contributed by atoms with Gasteiger partial charge in [0, 0.05) is 9.75 Å². The first-order valence-corrected chi connectivity index (χ1v) is 10.1. The monoisotopic (exact) mass is 379 g/mol. The van der Waals surface area contributed by atoms with Gasteiger partial charge in [0.05, 0.1) is 20.2 Å². The first-order valence-electron chi connectivity index (χ1n) is 8.34. The molecule has 0 radical (unpaired) electrons. The average Bonchev–Trinajstić information content (AvgIpc) is 3.31. The van der Waals surface area contributed by atoms with E-state index in [4.69, 9.17) is 10.5 Å². The SMILES string of the molecule is CCCC[C@@H](N=C(N)N(Cc1cccs1)Cc1cccs1)C(=O)OC. The molecule has 0 saturated carbocycles. The Morgan fingerprint density at radius 2 is 1.84 bits per heavy atom. The predicted octanol–water partition coefficient (Wildman–Crippen LogP) is 3.86. The van der Waals surface area contributed by atoms with Crippen molar-refractivity contribution in [1.29, 1.82) is 0 Å². The first-order chi connectivity index (χ1) is 12.1. The second kappa shape index (κ2) is 10.2. The third kappa shape index (κ3) is 6.17. The van der Waals surface area contributed by atoms with E-state index in [2.05, 4.69) is 24.0 Å². The Kier molecular flexibility index (Phi) is 7.94. The van der Waals surface area contributed by atoms with Crippen LogP contribution in [0, 0.1) is 0 Å². The summed E-state index contributed by atoms with van der Waals surface area (Å²) in [4.78, 5) is 20.9. The highest BCUT2D eigenvalue weighted by Crippen LogP contribution is 2.17. The lowest BCUT2D eigenvalue weighted by atomic mass is 10.1. The summed E-state index contributed by atoms with van der Waals surface area (Å²) < 4.78 is 4.89. The highest BCUT2D eigenvalue weighted by Gasteiger charge is 2.20. The normalized spacial score (nSPS) is 12.8. The van der Waals surface area contributed by atoms with Crippen LogP contribution in [0.2, 0.25) is 0 Å². The smallest absolute Gasteiger partial charge is 0.330 e. The van der Waals surface area contributed by atoms with Crippen molar-refractivity contribution in [1.82, 2.24) is 4.90 Å². The fourth-order valence-electron chi connectivity index (χ4n) is 2.41. The van der Waals surface area contributed by atoms with Crippen molar-refractivity contribution in [3.8, 4) is 0 Å². The highest BCUT2D eigenvalue weighted by atomic mass is 32.1. The molecule has 5 nitrogen and oxygen atoms in total. The molecule has 2 aromatic heterocycles. The van der Waals surface area contributed by atoms with Crippen molar-refractivity contribution >= 4 is 34.6 Å². The molecule has 0 fully saturated rings. The Morgan fingerprint density at radius 3 is 2.28 bits per heavy atom. The van der Waals surface area contributed by atoms with Crippen LogP contribution in [0.25, 0.3) is 0 Å². The Balaban J connectivity index is 2.18. The van der Waals surface area contributed by atoms with Gasteiger partial charge in [-0.1, -0.05) is 31.9 Å². The number of methoxy groups -OCH3 is 1. The van der Waals surface area contributed by atoms with Crippen molar-refractivity contribution in [2.24, 2.45) is 10.7 Å². The molecule has 7 heteroatoms. The number of thiophene rings is 2. The van der Waals surface area contributed by atoms with E-state index >= 15 is 0 Å². The molecule has 0 amide bonds. The fourth-order valence-corrected chi connectivity index (χ4v) is 3.85. The van der Waals surface area contributed by atoms with Gasteiger partial charge in [-0.2, -0.15) is 0 Å². The first kappa shape index (κ1) is 19.5. The third-order valence-electron chi connectivity index (χ3n) is 3.77. The van der Waals surface area contributed by atoms with Crippen LogP contribution >= 0.6 is 22.7 Å². The van der Waals surface area contributed by atoms with Gasteiger partial charge in [-0.15, -0.1) is 22.7 Å². The molecule has 2 heterocycles. The molecule has 0 aliphatic rings. The van der Waals surface area contributed by atoms with Crippen LogP contribution in [0.1, 0.15) is 35.9 Å². The number of nitrogens with two attached hydrogens (primary N) is 1. The number of aliphatic imine (C=N–C) groups is 1. The van der Waals surface area contributed by atoms with Crippen LogP contribution in [0.5, 0.6) is 0 Å². The number of esters is 1. The van der Waals surface area contributed by atoms with Gasteiger partial charge in [-0.3, -0.25) is 0 Å². The van der Waals surface area contributed by atoms with Crippen molar-refractivity contribution in [3.05, 3.63) is 44.8 Å². The van der Waals surface area contributed by atoms with Gasteiger partial charge in [-0.25, -0.2) is 9.79 Å². The lowest BCUT2D eigenvalue weighted by molar-refractivity contribution is -0.142. The van der Waals surface area contributed by atoms with Gasteiger partial charge in [0.25, 0.3) is 0 Å². The zero-order chi connectivity index (χ0) is 18.1. The van der Waals surface area contributed by atoms with E-state index in [9.17, 15) is 4.79 Å². The third-order valence-corrected chi connectivity index (χ3v) is 5.49. The Bertz CT molecular complexity index is 618. The second-order valence-electron chi connectivity index (χ2n) is 5.68. The van der Waals surface area contributed by atoms with Crippen LogP contribution in [-0.2, 0) is 22.6 Å². The standard InChI is InChI=1S/C18H25N3O2S2/c1-3-4-9-16(17(22)23-2)20-18(19)21(12-14-7-5-10-24-14)13-15-8-6-11-25-15/h5-8,10-11,16H,3-4,9,12-13H2,1-2H3,(H2,19,20)/t16-/m1/s1. The van der Waals surface area contributed by atoms with Crippen LogP contribution in [-0.4, -0.2) is 30.0 Å². The second-order valence-corrected chi connectivity index (χ2v) is 7.75. The Labute approximate surface area is 157 Å². The fraction of sp³-hybridized carbons (Fsp3) is 0.444. The molecule has 1 atom stereocenters. The van der Waals surface area contributed by atoms with E-state index in [0.717, 1.165) is 12.8 Å². The molecule has 25 heavy (non-hydrogen) atoms. The van der Waals surface area contributed by atoms with Crippen LogP contribution in [0.3, 0.4) is 0 Å². The quantitative estimate of drug-likeness (QED) is 0.408. The van der Waals surface area contributed by atoms with E-state index in [1.807, 2.05) is 27.8 Å². The summed E-state index contributed by atoms with van der Waals surface area (Å²) in [5.74, 6) is 0.0527. The van der Waals surface area contributed by atoms with E-state index in [-0.39, 0.29) is 5.97 Å². The van der Waals surface area contributed by atoms with Crippen molar-refractivity contribution < 1.29 is 9.53 Å². The summed E-state index contributed by atoms with van der Waals surface area (Å²) in [6.07, 6.45) is 2.55. The number of unbranched alkanes of at least 4 members (excludes halogenated alkanes) is 1. The minimum absolute atomic E-state index is 0.330. The molecular formula is C18H25N3O2S2.